The van der Waals surface area contributed by atoms with Crippen molar-refractivity contribution in [1.29, 1.82) is 0 Å². The Hall–Kier alpha value is -2.72. The lowest BCUT2D eigenvalue weighted by atomic mass is 9.96. The number of hydrogen-bond donors (Lipinski definition) is 2. The van der Waals surface area contributed by atoms with Gasteiger partial charge in [0, 0.05) is 54.1 Å². The van der Waals surface area contributed by atoms with E-state index < -0.39 is 11.0 Å². The van der Waals surface area contributed by atoms with Crippen LogP contribution in [0.1, 0.15) is 39.0 Å². The van der Waals surface area contributed by atoms with E-state index in [1.165, 1.54) is 4.90 Å². The molecule has 4 rings (SSSR count). The van der Waals surface area contributed by atoms with Crippen LogP contribution in [-0.4, -0.2) is 69.6 Å². The number of halogens is 2. The van der Waals surface area contributed by atoms with E-state index >= 15 is 0 Å². The lowest BCUT2D eigenvalue weighted by molar-refractivity contribution is -0.141. The molecular weight excluding hydrogens is 583 g/mol. The fourth-order valence-electron chi connectivity index (χ4n) is 4.21. The van der Waals surface area contributed by atoms with Crippen molar-refractivity contribution in [2.45, 2.75) is 45.1 Å². The standard InChI is InChI=1S/C20H27ClN4O4S.C6H5Cl.C4H8/c1-30(29)25-9-7-16(8-10-25)22-18(26)13-24-12-14(5-6-19(24)27)20(28)23-17-4-2-3-15(21)11-17;7-6-4-2-1-3-5-6;1-3-4-2/h2-4,11,14,16H,5-10,12-13H2,1H3,(H,22,26)(H,23,28);1-5H;3H,1,4H2,2H3. The Morgan fingerprint density at radius 3 is 2.22 bits per heavy atom. The van der Waals surface area contributed by atoms with E-state index in [4.69, 9.17) is 23.2 Å². The summed E-state index contributed by atoms with van der Waals surface area (Å²) < 4.78 is 13.4. The van der Waals surface area contributed by atoms with Crippen molar-refractivity contribution < 1.29 is 18.6 Å². The molecule has 41 heavy (non-hydrogen) atoms. The van der Waals surface area contributed by atoms with E-state index in [0.717, 1.165) is 24.3 Å². The Balaban J connectivity index is 0.000000447. The van der Waals surface area contributed by atoms with E-state index in [1.807, 2.05) is 40.7 Å². The summed E-state index contributed by atoms with van der Waals surface area (Å²) in [5.74, 6) is -0.907. The SMILES string of the molecule is C=CCC.CS(=O)N1CCC(NC(=O)CN2CC(C(=O)Nc3cccc(Cl)c3)CCC2=O)CC1.Clc1ccccc1. The van der Waals surface area contributed by atoms with Gasteiger partial charge in [-0.2, -0.15) is 0 Å². The number of carbonyl (C=O) groups is 3. The molecule has 2 N–H and O–H groups in total. The van der Waals surface area contributed by atoms with Crippen LogP contribution in [0.5, 0.6) is 0 Å². The molecule has 0 bridgehead atoms. The predicted octanol–water partition coefficient (Wildman–Crippen LogP) is 5.31. The number of piperidine rings is 2. The molecule has 2 aromatic carbocycles. The molecule has 0 aromatic heterocycles. The maximum Gasteiger partial charge on any atom is 0.239 e. The molecule has 2 fully saturated rings. The molecule has 0 spiro atoms. The number of rotatable bonds is 7. The lowest BCUT2D eigenvalue weighted by Crippen LogP contribution is -2.51. The predicted molar refractivity (Wildman–Crippen MR) is 168 cm³/mol. The Labute approximate surface area is 256 Å². The van der Waals surface area contributed by atoms with Gasteiger partial charge in [-0.3, -0.25) is 14.4 Å². The zero-order valence-corrected chi connectivity index (χ0v) is 26.0. The first-order valence-electron chi connectivity index (χ1n) is 13.7. The fourth-order valence-corrected chi connectivity index (χ4v) is 5.27. The van der Waals surface area contributed by atoms with Crippen molar-refractivity contribution >= 4 is 57.6 Å². The smallest absolute Gasteiger partial charge is 0.239 e. The van der Waals surface area contributed by atoms with Crippen molar-refractivity contribution in [3.05, 3.63) is 77.3 Å². The van der Waals surface area contributed by atoms with Crippen LogP contribution in [-0.2, 0) is 25.4 Å². The molecule has 11 heteroatoms. The Bertz CT molecular complexity index is 1160. The van der Waals surface area contributed by atoms with Crippen LogP contribution in [0.3, 0.4) is 0 Å². The number of amides is 3. The second-order valence-corrected chi connectivity index (χ2v) is 11.9. The van der Waals surface area contributed by atoms with E-state index in [0.29, 0.717) is 30.2 Å². The Kier molecular flexibility index (Phi) is 15.7. The molecule has 2 saturated heterocycles. The molecule has 0 aliphatic carbocycles. The highest BCUT2D eigenvalue weighted by molar-refractivity contribution is 7.81. The van der Waals surface area contributed by atoms with E-state index in [-0.39, 0.29) is 49.2 Å². The summed E-state index contributed by atoms with van der Waals surface area (Å²) >= 11 is 11.5. The van der Waals surface area contributed by atoms with Gasteiger partial charge in [0.25, 0.3) is 0 Å². The van der Waals surface area contributed by atoms with Gasteiger partial charge in [0.2, 0.25) is 17.7 Å². The van der Waals surface area contributed by atoms with Crippen molar-refractivity contribution in [3.8, 4) is 0 Å². The van der Waals surface area contributed by atoms with Crippen molar-refractivity contribution in [3.63, 3.8) is 0 Å². The third-order valence-electron chi connectivity index (χ3n) is 6.50. The summed E-state index contributed by atoms with van der Waals surface area (Å²) in [7, 11) is -0.992. The highest BCUT2D eigenvalue weighted by atomic mass is 35.5. The van der Waals surface area contributed by atoms with Crippen LogP contribution in [0, 0.1) is 5.92 Å². The molecule has 2 atom stereocenters. The molecule has 2 unspecified atom stereocenters. The van der Waals surface area contributed by atoms with Crippen LogP contribution >= 0.6 is 23.2 Å². The molecular formula is C30H40Cl2N4O4S. The van der Waals surface area contributed by atoms with Crippen LogP contribution in [0.4, 0.5) is 5.69 Å². The minimum atomic E-state index is -0.992. The Morgan fingerprint density at radius 1 is 1.05 bits per heavy atom. The van der Waals surface area contributed by atoms with E-state index in [2.05, 4.69) is 24.1 Å². The average molecular weight is 624 g/mol. The number of nitrogens with zero attached hydrogens (tertiary/aromatic N) is 2. The quantitative estimate of drug-likeness (QED) is 0.409. The van der Waals surface area contributed by atoms with Crippen molar-refractivity contribution in [2.75, 3.05) is 37.8 Å². The number of carbonyl (C=O) groups excluding carboxylic acids is 3. The van der Waals surface area contributed by atoms with Gasteiger partial charge in [-0.1, -0.05) is 60.5 Å². The second-order valence-electron chi connectivity index (χ2n) is 9.70. The topological polar surface area (TPSA) is 98.8 Å². The van der Waals surface area contributed by atoms with Crippen LogP contribution in [0.15, 0.2) is 67.3 Å². The van der Waals surface area contributed by atoms with Crippen LogP contribution < -0.4 is 10.6 Å². The number of allylic oxidation sites excluding steroid dienone is 1. The van der Waals surface area contributed by atoms with E-state index in [1.54, 1.807) is 30.5 Å². The normalized spacial score (nSPS) is 18.1. The Morgan fingerprint density at radius 2 is 1.68 bits per heavy atom. The first kappa shape index (κ1) is 34.5. The summed E-state index contributed by atoms with van der Waals surface area (Å²) in [6, 6.07) is 16.4. The molecule has 2 aromatic rings. The van der Waals surface area contributed by atoms with Gasteiger partial charge in [0.05, 0.1) is 23.4 Å². The largest absolute Gasteiger partial charge is 0.352 e. The van der Waals surface area contributed by atoms with Gasteiger partial charge < -0.3 is 15.5 Å². The molecule has 0 radical (unpaired) electrons. The first-order valence-corrected chi connectivity index (χ1v) is 15.9. The molecule has 224 valence electrons. The summed E-state index contributed by atoms with van der Waals surface area (Å²) in [6.07, 6.45) is 6.76. The highest BCUT2D eigenvalue weighted by Gasteiger charge is 2.32. The zero-order chi connectivity index (χ0) is 30.2. The van der Waals surface area contributed by atoms with Crippen molar-refractivity contribution in [2.24, 2.45) is 5.92 Å². The molecule has 0 saturated carbocycles. The molecule has 8 nitrogen and oxygen atoms in total. The number of hydrogen-bond acceptors (Lipinski definition) is 4. The minimum absolute atomic E-state index is 0.0131. The highest BCUT2D eigenvalue weighted by Crippen LogP contribution is 2.21. The number of nitrogens with one attached hydrogen (secondary N) is 2. The van der Waals surface area contributed by atoms with Gasteiger partial charge in [-0.05, 0) is 56.0 Å². The van der Waals surface area contributed by atoms with Gasteiger partial charge in [0.15, 0.2) is 0 Å². The average Bonchev–Trinajstić information content (AvgIpc) is 2.95. The zero-order valence-electron chi connectivity index (χ0n) is 23.7. The summed E-state index contributed by atoms with van der Waals surface area (Å²) in [4.78, 5) is 38.8. The third kappa shape index (κ3) is 13.2. The summed E-state index contributed by atoms with van der Waals surface area (Å²) in [5.41, 5.74) is 0.605. The lowest BCUT2D eigenvalue weighted by Gasteiger charge is -2.33. The van der Waals surface area contributed by atoms with Gasteiger partial charge in [-0.15, -0.1) is 6.58 Å². The summed E-state index contributed by atoms with van der Waals surface area (Å²) in [5, 5.41) is 7.11. The summed E-state index contributed by atoms with van der Waals surface area (Å²) in [6.45, 7) is 7.04. The van der Waals surface area contributed by atoms with Gasteiger partial charge >= 0.3 is 0 Å². The molecule has 2 aliphatic rings. The van der Waals surface area contributed by atoms with E-state index in [9.17, 15) is 18.6 Å². The second kappa shape index (κ2) is 18.7. The molecule has 2 aliphatic heterocycles. The number of benzene rings is 2. The number of likely N-dealkylation sites (tertiary alicyclic amines) is 1. The van der Waals surface area contributed by atoms with Gasteiger partial charge in [-0.25, -0.2) is 8.51 Å². The maximum atomic E-state index is 12.6. The third-order valence-corrected chi connectivity index (χ3v) is 8.08. The van der Waals surface area contributed by atoms with Crippen LogP contribution in [0.2, 0.25) is 10.0 Å². The molecule has 3 amide bonds. The van der Waals surface area contributed by atoms with Crippen molar-refractivity contribution in [1.82, 2.24) is 14.5 Å². The fraction of sp³-hybridized carbons (Fsp3) is 0.433. The van der Waals surface area contributed by atoms with Gasteiger partial charge in [0.1, 0.15) is 0 Å². The molecule has 2 heterocycles. The van der Waals surface area contributed by atoms with Crippen LogP contribution in [0.25, 0.3) is 0 Å². The number of anilines is 1. The minimum Gasteiger partial charge on any atom is -0.352 e. The maximum absolute atomic E-state index is 12.6. The first-order chi connectivity index (χ1) is 19.6. The monoisotopic (exact) mass is 622 g/mol.